The average molecular weight is 450 g/mol. The van der Waals surface area contributed by atoms with Crippen molar-refractivity contribution in [3.63, 3.8) is 0 Å². The number of nitrogens with one attached hydrogen (secondary N) is 1. The van der Waals surface area contributed by atoms with Gasteiger partial charge in [0.25, 0.3) is 11.5 Å². The number of furan rings is 1. The largest absolute Gasteiger partial charge is 0.456 e. The number of para-hydroxylation sites is 2. The molecule has 0 spiro atoms. The number of ether oxygens (including phenoxy) is 1. The van der Waals surface area contributed by atoms with Crippen LogP contribution in [0.3, 0.4) is 0 Å². The SMILES string of the molecule is CCCCn1c(=O)c(CCC(=O)OCC(=O)Nc2oc(C)c(C)c2C#N)nc2ccccc21. The zero-order chi connectivity index (χ0) is 24.0. The van der Waals surface area contributed by atoms with Gasteiger partial charge in [0.2, 0.25) is 5.88 Å². The maximum absolute atomic E-state index is 12.9. The van der Waals surface area contributed by atoms with Gasteiger partial charge in [-0.3, -0.25) is 19.7 Å². The number of esters is 1. The van der Waals surface area contributed by atoms with Crippen LogP contribution in [0.4, 0.5) is 5.88 Å². The molecule has 0 radical (unpaired) electrons. The quantitative estimate of drug-likeness (QED) is 0.495. The number of hydrogen-bond donors (Lipinski definition) is 1. The van der Waals surface area contributed by atoms with Crippen LogP contribution in [0.25, 0.3) is 11.0 Å². The molecule has 0 atom stereocenters. The summed E-state index contributed by atoms with van der Waals surface area (Å²) in [5.41, 5.74) is 2.38. The van der Waals surface area contributed by atoms with E-state index in [4.69, 9.17) is 9.15 Å². The van der Waals surface area contributed by atoms with Gasteiger partial charge in [-0.15, -0.1) is 0 Å². The molecular weight excluding hydrogens is 424 g/mol. The summed E-state index contributed by atoms with van der Waals surface area (Å²) in [4.78, 5) is 41.6. The van der Waals surface area contributed by atoms with E-state index >= 15 is 0 Å². The Morgan fingerprint density at radius 1 is 1.27 bits per heavy atom. The normalized spacial score (nSPS) is 10.7. The minimum atomic E-state index is -0.632. The van der Waals surface area contributed by atoms with E-state index in [0.29, 0.717) is 23.4 Å². The Morgan fingerprint density at radius 3 is 2.76 bits per heavy atom. The van der Waals surface area contributed by atoms with Crippen LogP contribution in [0.5, 0.6) is 0 Å². The van der Waals surface area contributed by atoms with Crippen LogP contribution in [0, 0.1) is 25.2 Å². The molecule has 3 rings (SSSR count). The molecule has 0 aliphatic carbocycles. The van der Waals surface area contributed by atoms with E-state index in [1.807, 2.05) is 30.3 Å². The van der Waals surface area contributed by atoms with Crippen molar-refractivity contribution in [2.24, 2.45) is 0 Å². The summed E-state index contributed by atoms with van der Waals surface area (Å²) in [7, 11) is 0. The summed E-state index contributed by atoms with van der Waals surface area (Å²) >= 11 is 0. The number of aryl methyl sites for hydroxylation is 3. The highest BCUT2D eigenvalue weighted by atomic mass is 16.5. The van der Waals surface area contributed by atoms with Gasteiger partial charge in [0.15, 0.2) is 6.61 Å². The fourth-order valence-electron chi connectivity index (χ4n) is 3.40. The lowest BCUT2D eigenvalue weighted by atomic mass is 10.2. The van der Waals surface area contributed by atoms with Crippen molar-refractivity contribution in [2.45, 2.75) is 53.0 Å². The number of carbonyl (C=O) groups excluding carboxylic acids is 2. The fraction of sp³-hybridized carbons (Fsp3) is 0.375. The van der Waals surface area contributed by atoms with Gasteiger partial charge in [-0.05, 0) is 32.4 Å². The van der Waals surface area contributed by atoms with Crippen LogP contribution < -0.4 is 10.9 Å². The van der Waals surface area contributed by atoms with Gasteiger partial charge in [-0.1, -0.05) is 25.5 Å². The summed E-state index contributed by atoms with van der Waals surface area (Å²) in [5.74, 6) is -0.709. The molecule has 1 N–H and O–H groups in total. The Bertz CT molecular complexity index is 1280. The fourth-order valence-corrected chi connectivity index (χ4v) is 3.40. The number of anilines is 1. The number of benzene rings is 1. The molecule has 2 heterocycles. The molecule has 9 nitrogen and oxygen atoms in total. The number of nitrogens with zero attached hydrogens (tertiary/aromatic N) is 3. The van der Waals surface area contributed by atoms with E-state index in [0.717, 1.165) is 18.4 Å². The van der Waals surface area contributed by atoms with E-state index in [1.165, 1.54) is 0 Å². The first-order chi connectivity index (χ1) is 15.8. The van der Waals surface area contributed by atoms with Crippen molar-refractivity contribution in [1.29, 1.82) is 5.26 Å². The lowest BCUT2D eigenvalue weighted by molar-refractivity contribution is -0.147. The van der Waals surface area contributed by atoms with E-state index in [-0.39, 0.29) is 35.5 Å². The first kappa shape index (κ1) is 23.7. The summed E-state index contributed by atoms with van der Waals surface area (Å²) in [5, 5.41) is 11.6. The molecule has 172 valence electrons. The number of carbonyl (C=O) groups is 2. The number of rotatable bonds is 9. The lowest BCUT2D eigenvalue weighted by Gasteiger charge is -2.12. The van der Waals surface area contributed by atoms with E-state index in [9.17, 15) is 19.6 Å². The van der Waals surface area contributed by atoms with Crippen molar-refractivity contribution in [1.82, 2.24) is 9.55 Å². The van der Waals surface area contributed by atoms with Gasteiger partial charge in [-0.25, -0.2) is 4.98 Å². The van der Waals surface area contributed by atoms with Gasteiger partial charge in [0.1, 0.15) is 23.1 Å². The number of unbranched alkanes of at least 4 members (excludes halogenated alkanes) is 1. The second kappa shape index (κ2) is 10.6. The first-order valence-electron chi connectivity index (χ1n) is 10.8. The molecule has 0 aliphatic rings. The Kier molecular flexibility index (Phi) is 7.61. The monoisotopic (exact) mass is 450 g/mol. The topological polar surface area (TPSA) is 127 Å². The molecule has 1 amide bonds. The second-order valence-electron chi connectivity index (χ2n) is 7.67. The molecule has 0 bridgehead atoms. The molecule has 3 aromatic rings. The van der Waals surface area contributed by atoms with Gasteiger partial charge in [-0.2, -0.15) is 5.26 Å². The Labute approximate surface area is 191 Å². The first-order valence-corrected chi connectivity index (χ1v) is 10.8. The van der Waals surface area contributed by atoms with E-state index < -0.39 is 18.5 Å². The molecule has 33 heavy (non-hydrogen) atoms. The molecule has 9 heteroatoms. The van der Waals surface area contributed by atoms with Crippen LogP contribution in [0.15, 0.2) is 33.5 Å². The molecule has 2 aromatic heterocycles. The number of hydrogen-bond acceptors (Lipinski definition) is 7. The summed E-state index contributed by atoms with van der Waals surface area (Å²) in [6.45, 7) is 5.49. The van der Waals surface area contributed by atoms with Crippen LogP contribution in [0.1, 0.15) is 48.8 Å². The van der Waals surface area contributed by atoms with Gasteiger partial charge >= 0.3 is 5.97 Å². The third kappa shape index (κ3) is 5.47. The highest BCUT2D eigenvalue weighted by molar-refractivity contribution is 5.93. The van der Waals surface area contributed by atoms with Crippen molar-refractivity contribution in [3.8, 4) is 6.07 Å². The lowest BCUT2D eigenvalue weighted by Crippen LogP contribution is -2.27. The maximum Gasteiger partial charge on any atom is 0.306 e. The average Bonchev–Trinajstić information content (AvgIpc) is 3.07. The van der Waals surface area contributed by atoms with Gasteiger partial charge in [0.05, 0.1) is 17.5 Å². The standard InChI is InChI=1S/C24H26N4O5/c1-4-5-12-28-20-9-7-6-8-18(20)26-19(24(28)31)10-11-22(30)32-14-21(29)27-23-17(13-25)15(2)16(3)33-23/h6-9H,4-5,10-12,14H2,1-3H3,(H,27,29). The Hall–Kier alpha value is -3.93. The number of fused-ring (bicyclic) bond motifs is 1. The maximum atomic E-state index is 12.9. The van der Waals surface area contributed by atoms with Crippen molar-refractivity contribution in [2.75, 3.05) is 11.9 Å². The molecule has 0 aliphatic heterocycles. The predicted molar refractivity (Wildman–Crippen MR) is 122 cm³/mol. The minimum absolute atomic E-state index is 0.0292. The molecular formula is C24H26N4O5. The van der Waals surface area contributed by atoms with Crippen LogP contribution in [-0.4, -0.2) is 28.0 Å². The molecule has 0 unspecified atom stereocenters. The molecule has 0 fully saturated rings. The van der Waals surface area contributed by atoms with Crippen LogP contribution >= 0.6 is 0 Å². The highest BCUT2D eigenvalue weighted by Crippen LogP contribution is 2.25. The highest BCUT2D eigenvalue weighted by Gasteiger charge is 2.18. The summed E-state index contributed by atoms with van der Waals surface area (Å²) in [6.07, 6.45) is 1.81. The van der Waals surface area contributed by atoms with Crippen LogP contribution in [-0.2, 0) is 27.3 Å². The predicted octanol–water partition coefficient (Wildman–Crippen LogP) is 3.39. The molecule has 0 saturated heterocycles. The zero-order valence-corrected chi connectivity index (χ0v) is 18.9. The molecule has 1 aromatic carbocycles. The number of aromatic nitrogens is 2. The smallest absolute Gasteiger partial charge is 0.306 e. The Balaban J connectivity index is 1.61. The third-order valence-electron chi connectivity index (χ3n) is 5.34. The van der Waals surface area contributed by atoms with Gasteiger partial charge < -0.3 is 13.7 Å². The van der Waals surface area contributed by atoms with Gasteiger partial charge in [0, 0.05) is 18.5 Å². The van der Waals surface area contributed by atoms with Crippen LogP contribution in [0.2, 0.25) is 0 Å². The summed E-state index contributed by atoms with van der Waals surface area (Å²) < 4.78 is 12.1. The van der Waals surface area contributed by atoms with E-state index in [1.54, 1.807) is 18.4 Å². The zero-order valence-electron chi connectivity index (χ0n) is 18.9. The van der Waals surface area contributed by atoms with Crippen molar-refractivity contribution < 1.29 is 18.7 Å². The number of amides is 1. The second-order valence-corrected chi connectivity index (χ2v) is 7.67. The summed E-state index contributed by atoms with van der Waals surface area (Å²) in [6, 6.07) is 9.37. The van der Waals surface area contributed by atoms with Crippen molar-refractivity contribution in [3.05, 3.63) is 57.2 Å². The van der Waals surface area contributed by atoms with E-state index in [2.05, 4.69) is 17.2 Å². The Morgan fingerprint density at radius 2 is 2.03 bits per heavy atom. The minimum Gasteiger partial charge on any atom is -0.456 e. The van der Waals surface area contributed by atoms with Crippen molar-refractivity contribution >= 4 is 28.8 Å². The number of nitriles is 1. The third-order valence-corrected chi connectivity index (χ3v) is 5.34. The molecule has 0 saturated carbocycles.